The number of aryl methyl sites for hydroxylation is 2. The number of nitrogens with zero attached hydrogens (tertiary/aromatic N) is 1. The predicted molar refractivity (Wildman–Crippen MR) is 81.4 cm³/mol. The van der Waals surface area contributed by atoms with Gasteiger partial charge in [-0.05, 0) is 49.2 Å². The molecule has 0 aliphatic rings. The van der Waals surface area contributed by atoms with Gasteiger partial charge in [0.25, 0.3) is 5.91 Å². The van der Waals surface area contributed by atoms with Gasteiger partial charge in [-0.1, -0.05) is 12.1 Å². The molecule has 2 aromatic rings. The van der Waals surface area contributed by atoms with Gasteiger partial charge < -0.3 is 11.1 Å². The van der Waals surface area contributed by atoms with E-state index in [-0.39, 0.29) is 16.9 Å². The van der Waals surface area contributed by atoms with Gasteiger partial charge in [0, 0.05) is 5.69 Å². The Kier molecular flexibility index (Phi) is 3.89. The second kappa shape index (κ2) is 5.62. The summed E-state index contributed by atoms with van der Waals surface area (Å²) >= 11 is 0. The Morgan fingerprint density at radius 2 is 1.81 bits per heavy atom. The number of amides is 1. The molecule has 6 heteroatoms. The van der Waals surface area contributed by atoms with E-state index in [1.807, 2.05) is 19.9 Å². The van der Waals surface area contributed by atoms with E-state index in [1.54, 1.807) is 12.1 Å². The van der Waals surface area contributed by atoms with E-state index in [1.165, 1.54) is 18.2 Å². The van der Waals surface area contributed by atoms with Crippen LogP contribution in [0.2, 0.25) is 0 Å². The van der Waals surface area contributed by atoms with Gasteiger partial charge in [0.15, 0.2) is 0 Å². The first-order valence-electron chi connectivity index (χ1n) is 6.31. The number of rotatable bonds is 3. The normalized spacial score (nSPS) is 10.2. The molecule has 0 aliphatic carbocycles. The van der Waals surface area contributed by atoms with Crippen molar-refractivity contribution >= 4 is 23.0 Å². The maximum absolute atomic E-state index is 12.2. The smallest absolute Gasteiger partial charge is 0.304 e. The fourth-order valence-corrected chi connectivity index (χ4v) is 2.19. The molecule has 3 N–H and O–H groups in total. The van der Waals surface area contributed by atoms with Crippen LogP contribution in [0.3, 0.4) is 0 Å². The van der Waals surface area contributed by atoms with Crippen molar-refractivity contribution in [3.8, 4) is 0 Å². The van der Waals surface area contributed by atoms with Crippen molar-refractivity contribution in [2.45, 2.75) is 13.8 Å². The molecule has 0 unspecified atom stereocenters. The molecule has 0 aromatic heterocycles. The van der Waals surface area contributed by atoms with Crippen molar-refractivity contribution in [3.63, 3.8) is 0 Å². The minimum atomic E-state index is -0.647. The maximum Gasteiger partial charge on any atom is 0.304 e. The van der Waals surface area contributed by atoms with Crippen LogP contribution in [0.5, 0.6) is 0 Å². The van der Waals surface area contributed by atoms with E-state index in [9.17, 15) is 14.9 Å². The van der Waals surface area contributed by atoms with Crippen molar-refractivity contribution in [2.24, 2.45) is 0 Å². The Morgan fingerprint density at radius 3 is 2.38 bits per heavy atom. The zero-order chi connectivity index (χ0) is 15.6. The zero-order valence-electron chi connectivity index (χ0n) is 11.7. The molecule has 0 saturated carbocycles. The average molecular weight is 285 g/mol. The van der Waals surface area contributed by atoms with Gasteiger partial charge in [0.05, 0.1) is 4.92 Å². The highest BCUT2D eigenvalue weighted by Gasteiger charge is 2.23. The molecule has 0 radical (unpaired) electrons. The number of nitro groups is 1. The van der Waals surface area contributed by atoms with Crippen LogP contribution in [0.1, 0.15) is 21.5 Å². The topological polar surface area (TPSA) is 98.3 Å². The minimum absolute atomic E-state index is 0.0342. The van der Waals surface area contributed by atoms with E-state index in [2.05, 4.69) is 5.32 Å². The summed E-state index contributed by atoms with van der Waals surface area (Å²) in [4.78, 5) is 22.6. The summed E-state index contributed by atoms with van der Waals surface area (Å²) in [6.45, 7) is 3.82. The van der Waals surface area contributed by atoms with Crippen LogP contribution in [0.15, 0.2) is 36.4 Å². The number of para-hydroxylation sites is 1. The Balaban J connectivity index is 2.37. The van der Waals surface area contributed by atoms with Crippen molar-refractivity contribution in [1.82, 2.24) is 0 Å². The van der Waals surface area contributed by atoms with E-state index in [0.717, 1.165) is 11.1 Å². The van der Waals surface area contributed by atoms with E-state index >= 15 is 0 Å². The molecule has 0 atom stereocenters. The molecule has 0 fully saturated rings. The molecule has 0 saturated heterocycles. The fourth-order valence-electron chi connectivity index (χ4n) is 2.19. The Morgan fingerprint density at radius 1 is 1.19 bits per heavy atom. The highest BCUT2D eigenvalue weighted by atomic mass is 16.6. The number of nitrogen functional groups attached to an aromatic ring is 1. The molecule has 108 valence electrons. The summed E-state index contributed by atoms with van der Waals surface area (Å²) in [6, 6.07) is 9.85. The van der Waals surface area contributed by atoms with Gasteiger partial charge in [-0.25, -0.2) is 0 Å². The third kappa shape index (κ3) is 3.17. The summed E-state index contributed by atoms with van der Waals surface area (Å²) in [5, 5.41) is 13.7. The number of carbonyl (C=O) groups is 1. The third-order valence-corrected chi connectivity index (χ3v) is 2.97. The van der Waals surface area contributed by atoms with Gasteiger partial charge in [-0.15, -0.1) is 0 Å². The number of carbonyl (C=O) groups excluding carboxylic acids is 1. The maximum atomic E-state index is 12.2. The fraction of sp³-hybridized carbons (Fsp3) is 0.133. The predicted octanol–water partition coefficient (Wildman–Crippen LogP) is 3.05. The number of benzene rings is 2. The lowest BCUT2D eigenvalue weighted by Gasteiger charge is -2.08. The van der Waals surface area contributed by atoms with Crippen LogP contribution in [-0.2, 0) is 0 Å². The van der Waals surface area contributed by atoms with E-state index < -0.39 is 10.8 Å². The molecular formula is C15H15N3O3. The summed E-state index contributed by atoms with van der Waals surface area (Å²) in [5.41, 5.74) is 7.69. The zero-order valence-corrected chi connectivity index (χ0v) is 11.7. The van der Waals surface area contributed by atoms with Crippen molar-refractivity contribution < 1.29 is 9.72 Å². The van der Waals surface area contributed by atoms with Crippen molar-refractivity contribution in [2.75, 3.05) is 11.1 Å². The Hall–Kier alpha value is -2.89. The van der Waals surface area contributed by atoms with Crippen LogP contribution in [0.4, 0.5) is 17.1 Å². The molecule has 0 bridgehead atoms. The van der Waals surface area contributed by atoms with Crippen LogP contribution < -0.4 is 11.1 Å². The molecular weight excluding hydrogens is 270 g/mol. The largest absolute Gasteiger partial charge is 0.393 e. The lowest BCUT2D eigenvalue weighted by molar-refractivity contribution is -0.384. The van der Waals surface area contributed by atoms with Crippen LogP contribution in [-0.4, -0.2) is 10.8 Å². The first-order valence-corrected chi connectivity index (χ1v) is 6.31. The van der Waals surface area contributed by atoms with Crippen molar-refractivity contribution in [1.29, 1.82) is 0 Å². The molecule has 21 heavy (non-hydrogen) atoms. The summed E-state index contributed by atoms with van der Waals surface area (Å²) in [6.07, 6.45) is 0. The quantitative estimate of drug-likeness (QED) is 0.514. The first kappa shape index (κ1) is 14.5. The number of nitro benzene ring substituents is 1. The lowest BCUT2D eigenvalue weighted by Crippen LogP contribution is -2.15. The molecule has 2 rings (SSSR count). The van der Waals surface area contributed by atoms with E-state index in [4.69, 9.17) is 5.73 Å². The first-order chi connectivity index (χ1) is 9.88. The molecule has 0 heterocycles. The average Bonchev–Trinajstić information content (AvgIpc) is 2.36. The van der Waals surface area contributed by atoms with Gasteiger partial charge >= 0.3 is 5.69 Å². The molecule has 1 amide bonds. The summed E-state index contributed by atoms with van der Waals surface area (Å²) < 4.78 is 0. The summed E-state index contributed by atoms with van der Waals surface area (Å²) in [5.74, 6) is -0.556. The van der Waals surface area contributed by atoms with Gasteiger partial charge in [-0.3, -0.25) is 14.9 Å². The van der Waals surface area contributed by atoms with Gasteiger partial charge in [0.1, 0.15) is 11.3 Å². The molecule has 0 aliphatic heterocycles. The molecule has 6 nitrogen and oxygen atoms in total. The monoisotopic (exact) mass is 285 g/mol. The number of nitrogens with two attached hydrogens (primary N) is 1. The minimum Gasteiger partial charge on any atom is -0.393 e. The van der Waals surface area contributed by atoms with Crippen LogP contribution >= 0.6 is 0 Å². The van der Waals surface area contributed by atoms with E-state index in [0.29, 0.717) is 5.69 Å². The Bertz CT molecular complexity index is 706. The highest BCUT2D eigenvalue weighted by Crippen LogP contribution is 2.26. The second-order valence-electron chi connectivity index (χ2n) is 4.83. The third-order valence-electron chi connectivity index (χ3n) is 2.97. The second-order valence-corrected chi connectivity index (χ2v) is 4.83. The lowest BCUT2D eigenvalue weighted by atomic mass is 10.1. The SMILES string of the molecule is Cc1cc(C)cc(NC(=O)c2cccc(N)c2[N+](=O)[O-])c1. The van der Waals surface area contributed by atoms with Crippen LogP contribution in [0, 0.1) is 24.0 Å². The number of nitrogens with one attached hydrogen (secondary N) is 1. The Labute approximate surface area is 121 Å². The standard InChI is InChI=1S/C15H15N3O3/c1-9-6-10(2)8-11(7-9)17-15(19)12-4-3-5-13(16)14(12)18(20)21/h3-8H,16H2,1-2H3,(H,17,19). The van der Waals surface area contributed by atoms with Gasteiger partial charge in [-0.2, -0.15) is 0 Å². The number of anilines is 2. The number of hydrogen-bond donors (Lipinski definition) is 2. The van der Waals surface area contributed by atoms with Gasteiger partial charge in [0.2, 0.25) is 0 Å². The highest BCUT2D eigenvalue weighted by molar-refractivity contribution is 6.08. The van der Waals surface area contributed by atoms with Crippen molar-refractivity contribution in [3.05, 3.63) is 63.2 Å². The number of hydrogen-bond acceptors (Lipinski definition) is 4. The van der Waals surface area contributed by atoms with Crippen LogP contribution in [0.25, 0.3) is 0 Å². The molecule has 0 spiro atoms. The summed E-state index contributed by atoms with van der Waals surface area (Å²) in [7, 11) is 0. The molecule has 2 aromatic carbocycles.